The molecule has 0 aliphatic rings. The highest BCUT2D eigenvalue weighted by Crippen LogP contribution is 2.32. The van der Waals surface area contributed by atoms with Gasteiger partial charge in [0.25, 0.3) is 5.91 Å². The Balaban J connectivity index is 1.54. The minimum absolute atomic E-state index is 0.0914. The average Bonchev–Trinajstić information content (AvgIpc) is 3.28. The highest BCUT2D eigenvalue weighted by atomic mass is 32.1. The molecular weight excluding hydrogens is 364 g/mol. The van der Waals surface area contributed by atoms with E-state index in [1.165, 1.54) is 15.6 Å². The largest absolute Gasteiger partial charge is 0.350 e. The van der Waals surface area contributed by atoms with Crippen LogP contribution in [0.1, 0.15) is 22.0 Å². The first-order valence-electron chi connectivity index (χ1n) is 8.26. The fraction of sp³-hybridized carbons (Fsp3) is 0.211. The molecule has 1 amide bonds. The number of rotatable bonds is 5. The second-order valence-corrected chi connectivity index (χ2v) is 7.78. The second kappa shape index (κ2) is 7.11. The lowest BCUT2D eigenvalue weighted by molar-refractivity contribution is 0.0942. The van der Waals surface area contributed by atoms with E-state index >= 15 is 0 Å². The normalized spacial score (nSPS) is 12.7. The van der Waals surface area contributed by atoms with E-state index < -0.39 is 0 Å². The molecule has 5 nitrogen and oxygen atoms in total. The van der Waals surface area contributed by atoms with Crippen LogP contribution < -0.4 is 5.32 Å². The number of fused-ring (bicyclic) bond motifs is 2. The summed E-state index contributed by atoms with van der Waals surface area (Å²) in [7, 11) is 4.08. The maximum Gasteiger partial charge on any atom is 0.251 e. The van der Waals surface area contributed by atoms with Gasteiger partial charge in [-0.05, 0) is 54.7 Å². The van der Waals surface area contributed by atoms with Gasteiger partial charge in [-0.2, -0.15) is 8.75 Å². The number of hydrogen-bond acceptors (Lipinski definition) is 6. The van der Waals surface area contributed by atoms with Gasteiger partial charge in [-0.1, -0.05) is 18.2 Å². The van der Waals surface area contributed by atoms with Gasteiger partial charge in [0.15, 0.2) is 0 Å². The zero-order valence-electron chi connectivity index (χ0n) is 14.5. The zero-order chi connectivity index (χ0) is 18.1. The average molecular weight is 383 g/mol. The smallest absolute Gasteiger partial charge is 0.251 e. The van der Waals surface area contributed by atoms with Gasteiger partial charge in [0, 0.05) is 16.8 Å². The molecule has 0 saturated carbocycles. The fourth-order valence-corrected chi connectivity index (χ4v) is 4.57. The quantitative estimate of drug-likeness (QED) is 0.568. The fourth-order valence-electron chi connectivity index (χ4n) is 3.04. The topological polar surface area (TPSA) is 58.1 Å². The number of benzene rings is 2. The minimum atomic E-state index is -0.0914. The summed E-state index contributed by atoms with van der Waals surface area (Å²) in [5.74, 6) is -0.0914. The molecule has 2 heterocycles. The Hall–Kier alpha value is -2.35. The maximum absolute atomic E-state index is 12.6. The molecule has 26 heavy (non-hydrogen) atoms. The Morgan fingerprint density at radius 2 is 1.96 bits per heavy atom. The van der Waals surface area contributed by atoms with E-state index in [0.29, 0.717) is 12.1 Å². The van der Waals surface area contributed by atoms with Crippen molar-refractivity contribution in [2.24, 2.45) is 0 Å². The van der Waals surface area contributed by atoms with E-state index in [0.717, 1.165) is 22.8 Å². The zero-order valence-corrected chi connectivity index (χ0v) is 16.1. The molecular formula is C19H18N4OS2. The second-order valence-electron chi connectivity index (χ2n) is 6.34. The molecule has 4 rings (SSSR count). The van der Waals surface area contributed by atoms with E-state index in [2.05, 4.69) is 48.6 Å². The number of nitrogens with zero attached hydrogens (tertiary/aromatic N) is 3. The molecule has 0 saturated heterocycles. The molecule has 1 unspecified atom stereocenters. The first-order valence-corrected chi connectivity index (χ1v) is 9.87. The number of nitrogens with one attached hydrogen (secondary N) is 1. The third-order valence-electron chi connectivity index (χ3n) is 4.47. The Labute approximate surface area is 159 Å². The summed E-state index contributed by atoms with van der Waals surface area (Å²) in [6.07, 6.45) is 0. The third-order valence-corrected chi connectivity index (χ3v) is 6.00. The lowest BCUT2D eigenvalue weighted by Gasteiger charge is -2.24. The van der Waals surface area contributed by atoms with Crippen LogP contribution in [0.5, 0.6) is 0 Å². The number of carbonyl (C=O) groups excluding carboxylic acids is 1. The van der Waals surface area contributed by atoms with Crippen molar-refractivity contribution < 1.29 is 4.79 Å². The molecule has 0 bridgehead atoms. The molecule has 0 spiro atoms. The highest BCUT2D eigenvalue weighted by molar-refractivity contribution is 7.17. The van der Waals surface area contributed by atoms with Gasteiger partial charge in [-0.15, -0.1) is 11.3 Å². The first-order chi connectivity index (χ1) is 12.6. The first kappa shape index (κ1) is 17.1. The van der Waals surface area contributed by atoms with Gasteiger partial charge in [0.2, 0.25) is 0 Å². The van der Waals surface area contributed by atoms with E-state index in [4.69, 9.17) is 0 Å². The minimum Gasteiger partial charge on any atom is -0.350 e. The van der Waals surface area contributed by atoms with Crippen molar-refractivity contribution in [3.8, 4) is 0 Å². The lowest BCUT2D eigenvalue weighted by Crippen LogP contribution is -2.34. The molecule has 0 fully saturated rings. The van der Waals surface area contributed by atoms with Crippen molar-refractivity contribution in [3.63, 3.8) is 0 Å². The Bertz CT molecular complexity index is 1070. The number of aromatic nitrogens is 2. The van der Waals surface area contributed by atoms with Gasteiger partial charge in [0.1, 0.15) is 11.0 Å². The van der Waals surface area contributed by atoms with Gasteiger partial charge < -0.3 is 10.2 Å². The number of hydrogen-bond donors (Lipinski definition) is 1. The number of amides is 1. The van der Waals surface area contributed by atoms with E-state index in [9.17, 15) is 4.79 Å². The molecule has 1 N–H and O–H groups in total. The molecule has 1 atom stereocenters. The number of carbonyl (C=O) groups is 1. The van der Waals surface area contributed by atoms with Crippen LogP contribution in [0.2, 0.25) is 0 Å². The SMILES string of the molecule is CN(C)C(CNC(=O)c1ccc2nsnc2c1)c1csc2ccccc12. The monoisotopic (exact) mass is 382 g/mol. The summed E-state index contributed by atoms with van der Waals surface area (Å²) in [6.45, 7) is 0.542. The number of thiophene rings is 1. The summed E-state index contributed by atoms with van der Waals surface area (Å²) in [5.41, 5.74) is 3.44. The van der Waals surface area contributed by atoms with Crippen molar-refractivity contribution >= 4 is 50.1 Å². The van der Waals surface area contributed by atoms with Gasteiger partial charge in [-0.3, -0.25) is 4.79 Å². The van der Waals surface area contributed by atoms with Crippen LogP contribution in [0.3, 0.4) is 0 Å². The van der Waals surface area contributed by atoms with Crippen LogP contribution in [-0.2, 0) is 0 Å². The molecule has 0 radical (unpaired) electrons. The van der Waals surface area contributed by atoms with Crippen LogP contribution in [0.4, 0.5) is 0 Å². The van der Waals surface area contributed by atoms with Crippen LogP contribution in [0.25, 0.3) is 21.1 Å². The van der Waals surface area contributed by atoms with E-state index in [-0.39, 0.29) is 11.9 Å². The molecule has 132 valence electrons. The van der Waals surface area contributed by atoms with Crippen molar-refractivity contribution in [2.75, 3.05) is 20.6 Å². The van der Waals surface area contributed by atoms with Crippen molar-refractivity contribution in [2.45, 2.75) is 6.04 Å². The predicted molar refractivity (Wildman–Crippen MR) is 108 cm³/mol. The van der Waals surface area contributed by atoms with Crippen LogP contribution >= 0.6 is 23.1 Å². The highest BCUT2D eigenvalue weighted by Gasteiger charge is 2.19. The Kier molecular flexibility index (Phi) is 4.67. The van der Waals surface area contributed by atoms with Crippen LogP contribution in [0.15, 0.2) is 47.8 Å². The maximum atomic E-state index is 12.6. The third kappa shape index (κ3) is 3.21. The summed E-state index contributed by atoms with van der Waals surface area (Å²) < 4.78 is 9.64. The molecule has 2 aromatic heterocycles. The van der Waals surface area contributed by atoms with Crippen molar-refractivity contribution in [1.82, 2.24) is 19.0 Å². The molecule has 4 aromatic rings. The van der Waals surface area contributed by atoms with Gasteiger partial charge in [-0.25, -0.2) is 0 Å². The summed E-state index contributed by atoms with van der Waals surface area (Å²) >= 11 is 2.90. The standard InChI is InChI=1S/C19H18N4OS2/c1-23(2)17(14-11-25-18-6-4-3-5-13(14)18)10-20-19(24)12-7-8-15-16(9-12)22-26-21-15/h3-9,11,17H,10H2,1-2H3,(H,20,24). The number of likely N-dealkylation sites (N-methyl/N-ethyl adjacent to an activating group) is 1. The molecule has 0 aliphatic carbocycles. The van der Waals surface area contributed by atoms with Crippen LogP contribution in [0, 0.1) is 0 Å². The van der Waals surface area contributed by atoms with Gasteiger partial charge in [0.05, 0.1) is 17.8 Å². The molecule has 7 heteroatoms. The van der Waals surface area contributed by atoms with Crippen LogP contribution in [-0.4, -0.2) is 40.2 Å². The Morgan fingerprint density at radius 3 is 2.81 bits per heavy atom. The summed E-state index contributed by atoms with van der Waals surface area (Å²) in [4.78, 5) is 14.7. The van der Waals surface area contributed by atoms with E-state index in [1.54, 1.807) is 23.5 Å². The van der Waals surface area contributed by atoms with Crippen molar-refractivity contribution in [3.05, 3.63) is 59.0 Å². The molecule has 0 aliphatic heterocycles. The summed E-state index contributed by atoms with van der Waals surface area (Å²) in [5, 5.41) is 6.51. The summed E-state index contributed by atoms with van der Waals surface area (Å²) in [6, 6.07) is 13.9. The van der Waals surface area contributed by atoms with Crippen molar-refractivity contribution in [1.29, 1.82) is 0 Å². The molecule has 2 aromatic carbocycles. The predicted octanol–water partition coefficient (Wildman–Crippen LogP) is 3.94. The lowest BCUT2D eigenvalue weighted by atomic mass is 10.0. The van der Waals surface area contributed by atoms with Gasteiger partial charge >= 0.3 is 0 Å². The Morgan fingerprint density at radius 1 is 1.15 bits per heavy atom. The van der Waals surface area contributed by atoms with E-state index in [1.807, 2.05) is 20.2 Å².